The molecule has 0 bridgehead atoms. The van der Waals surface area contributed by atoms with Crippen LogP contribution in [0.4, 0.5) is 11.6 Å². The highest BCUT2D eigenvalue weighted by Gasteiger charge is 2.36. The van der Waals surface area contributed by atoms with E-state index in [2.05, 4.69) is 4.98 Å². The maximum atomic E-state index is 11.1. The third kappa shape index (κ3) is 1.84. The van der Waals surface area contributed by atoms with Crippen LogP contribution >= 0.6 is 0 Å². The van der Waals surface area contributed by atoms with Gasteiger partial charge < -0.3 is 20.7 Å². The van der Waals surface area contributed by atoms with Crippen LogP contribution in [-0.4, -0.2) is 33.1 Å². The van der Waals surface area contributed by atoms with Crippen molar-refractivity contribution in [3.8, 4) is 0 Å². The van der Waals surface area contributed by atoms with Gasteiger partial charge >= 0.3 is 5.82 Å². The number of hydrogen-bond acceptors (Lipinski definition) is 5. The molecule has 1 fully saturated rings. The molecule has 1 saturated heterocycles. The molecule has 0 aliphatic carbocycles. The first-order valence-electron chi connectivity index (χ1n) is 6.21. The molecule has 1 aromatic rings. The number of rotatable bonds is 3. The summed E-state index contributed by atoms with van der Waals surface area (Å²) in [4.78, 5) is 16.8. The molecule has 1 aliphatic rings. The minimum Gasteiger partial charge on any atom is -0.358 e. The number of nitro groups is 1. The van der Waals surface area contributed by atoms with Crippen LogP contribution in [0.1, 0.15) is 26.1 Å². The van der Waals surface area contributed by atoms with Gasteiger partial charge in [-0.25, -0.2) is 0 Å². The number of aryl methyl sites for hydroxylation is 1. The Bertz CT molecular complexity index is 470. The summed E-state index contributed by atoms with van der Waals surface area (Å²) in [6, 6.07) is 0.162. The second-order valence-corrected chi connectivity index (χ2v) is 4.69. The van der Waals surface area contributed by atoms with E-state index in [0.717, 1.165) is 13.0 Å². The quantitative estimate of drug-likeness (QED) is 0.642. The monoisotopic (exact) mass is 253 g/mol. The summed E-state index contributed by atoms with van der Waals surface area (Å²) in [5.74, 6) is 1.21. The van der Waals surface area contributed by atoms with Gasteiger partial charge in [-0.2, -0.15) is 0 Å². The maximum absolute atomic E-state index is 11.1. The van der Waals surface area contributed by atoms with Crippen LogP contribution in [0.5, 0.6) is 0 Å². The molecule has 2 heterocycles. The van der Waals surface area contributed by atoms with E-state index in [0.29, 0.717) is 18.2 Å². The summed E-state index contributed by atoms with van der Waals surface area (Å²) < 4.78 is 1.88. The van der Waals surface area contributed by atoms with E-state index in [9.17, 15) is 10.1 Å². The van der Waals surface area contributed by atoms with Gasteiger partial charge in [0.05, 0.1) is 0 Å². The van der Waals surface area contributed by atoms with Crippen molar-refractivity contribution in [1.29, 1.82) is 0 Å². The van der Waals surface area contributed by atoms with Crippen molar-refractivity contribution in [3.05, 3.63) is 15.9 Å². The zero-order valence-electron chi connectivity index (χ0n) is 11.0. The molecule has 0 saturated carbocycles. The van der Waals surface area contributed by atoms with E-state index in [1.807, 2.05) is 23.3 Å². The van der Waals surface area contributed by atoms with Crippen molar-refractivity contribution < 1.29 is 4.92 Å². The zero-order valence-corrected chi connectivity index (χ0v) is 11.0. The molecular formula is C11H19N5O2. The van der Waals surface area contributed by atoms with E-state index >= 15 is 0 Å². The van der Waals surface area contributed by atoms with E-state index in [-0.39, 0.29) is 17.9 Å². The van der Waals surface area contributed by atoms with E-state index in [1.54, 1.807) is 6.92 Å². The van der Waals surface area contributed by atoms with Gasteiger partial charge in [0.25, 0.3) is 0 Å². The van der Waals surface area contributed by atoms with Crippen molar-refractivity contribution in [3.63, 3.8) is 0 Å². The van der Waals surface area contributed by atoms with E-state index in [4.69, 9.17) is 5.73 Å². The van der Waals surface area contributed by atoms with E-state index < -0.39 is 4.92 Å². The molecule has 2 N–H and O–H groups in total. The molecule has 0 amide bonds. The highest BCUT2D eigenvalue weighted by molar-refractivity contribution is 5.57. The van der Waals surface area contributed by atoms with Crippen molar-refractivity contribution in [1.82, 2.24) is 9.55 Å². The largest absolute Gasteiger partial charge is 0.406 e. The molecule has 2 atom stereocenters. The van der Waals surface area contributed by atoms with Crippen LogP contribution in [-0.2, 0) is 6.54 Å². The molecule has 2 unspecified atom stereocenters. The van der Waals surface area contributed by atoms with Gasteiger partial charge in [-0.05, 0) is 30.2 Å². The highest BCUT2D eigenvalue weighted by atomic mass is 16.6. The fourth-order valence-electron chi connectivity index (χ4n) is 2.59. The van der Waals surface area contributed by atoms with Crippen molar-refractivity contribution in [2.45, 2.75) is 45.8 Å². The lowest BCUT2D eigenvalue weighted by atomic mass is 10.2. The van der Waals surface area contributed by atoms with Crippen LogP contribution < -0.4 is 10.6 Å². The average Bonchev–Trinajstić information content (AvgIpc) is 2.81. The first kappa shape index (κ1) is 12.8. The third-order valence-electron chi connectivity index (χ3n) is 3.69. The number of anilines is 1. The maximum Gasteiger partial charge on any atom is 0.406 e. The molecule has 7 nitrogen and oxygen atoms in total. The zero-order chi connectivity index (χ0) is 13.4. The summed E-state index contributed by atoms with van der Waals surface area (Å²) in [6.07, 6.45) is 0.853. The Morgan fingerprint density at radius 1 is 1.61 bits per heavy atom. The summed E-state index contributed by atoms with van der Waals surface area (Å²) in [7, 11) is 0. The summed E-state index contributed by atoms with van der Waals surface area (Å²) in [5, 5.41) is 11.1. The Morgan fingerprint density at radius 2 is 2.28 bits per heavy atom. The van der Waals surface area contributed by atoms with Crippen LogP contribution in [0.3, 0.4) is 0 Å². The fraction of sp³-hybridized carbons (Fsp3) is 0.727. The Kier molecular flexibility index (Phi) is 3.25. The SMILES string of the molecule is CCn1c(C)nc([N+](=O)[O-])c1N1CCC(N)C1C. The first-order chi connectivity index (χ1) is 8.47. The molecule has 18 heavy (non-hydrogen) atoms. The number of hydrogen-bond donors (Lipinski definition) is 1. The van der Waals surface area contributed by atoms with Crippen LogP contribution in [0.25, 0.3) is 0 Å². The van der Waals surface area contributed by atoms with Crippen molar-refractivity contribution >= 4 is 11.6 Å². The molecule has 0 radical (unpaired) electrons. The summed E-state index contributed by atoms with van der Waals surface area (Å²) in [6.45, 7) is 7.17. The lowest BCUT2D eigenvalue weighted by molar-refractivity contribution is -0.388. The topological polar surface area (TPSA) is 90.2 Å². The Morgan fingerprint density at radius 3 is 2.72 bits per heavy atom. The molecule has 1 aromatic heterocycles. The minimum absolute atomic E-state index is 0.0599. The standard InChI is InChI=1S/C11H19N5O2/c1-4-14-8(3)13-10(16(17)18)11(14)15-6-5-9(12)7(15)2/h7,9H,4-6,12H2,1-3H3. The summed E-state index contributed by atoms with van der Waals surface area (Å²) in [5.41, 5.74) is 5.99. The van der Waals surface area contributed by atoms with Gasteiger partial charge in [-0.1, -0.05) is 0 Å². The second kappa shape index (κ2) is 4.56. The number of imidazole rings is 1. The number of nitrogens with zero attached hydrogens (tertiary/aromatic N) is 4. The normalized spacial score (nSPS) is 23.7. The molecule has 100 valence electrons. The summed E-state index contributed by atoms with van der Waals surface area (Å²) >= 11 is 0. The minimum atomic E-state index is -0.412. The highest BCUT2D eigenvalue weighted by Crippen LogP contribution is 2.33. The second-order valence-electron chi connectivity index (χ2n) is 4.69. The lowest BCUT2D eigenvalue weighted by Crippen LogP contribution is -2.38. The van der Waals surface area contributed by atoms with Gasteiger partial charge in [0, 0.05) is 32.1 Å². The third-order valence-corrected chi connectivity index (χ3v) is 3.69. The predicted octanol–water partition coefficient (Wildman–Crippen LogP) is 1.05. The van der Waals surface area contributed by atoms with Crippen LogP contribution in [0.2, 0.25) is 0 Å². The molecule has 0 spiro atoms. The Balaban J connectivity index is 2.51. The number of aromatic nitrogens is 2. The van der Waals surface area contributed by atoms with Gasteiger partial charge in [0.1, 0.15) is 0 Å². The molecular weight excluding hydrogens is 234 g/mol. The van der Waals surface area contributed by atoms with Crippen molar-refractivity contribution in [2.75, 3.05) is 11.4 Å². The molecule has 0 aromatic carbocycles. The van der Waals surface area contributed by atoms with Gasteiger partial charge in [0.2, 0.25) is 11.6 Å². The molecule has 1 aliphatic heterocycles. The molecule has 7 heteroatoms. The smallest absolute Gasteiger partial charge is 0.358 e. The van der Waals surface area contributed by atoms with Crippen LogP contribution in [0, 0.1) is 17.0 Å². The fourth-order valence-corrected chi connectivity index (χ4v) is 2.59. The number of nitrogens with two attached hydrogens (primary N) is 1. The Hall–Kier alpha value is -1.63. The van der Waals surface area contributed by atoms with Gasteiger partial charge in [0.15, 0.2) is 0 Å². The Labute approximate surface area is 106 Å². The predicted molar refractivity (Wildman–Crippen MR) is 68.7 cm³/mol. The van der Waals surface area contributed by atoms with E-state index in [1.165, 1.54) is 0 Å². The van der Waals surface area contributed by atoms with Crippen molar-refractivity contribution in [2.24, 2.45) is 5.73 Å². The first-order valence-corrected chi connectivity index (χ1v) is 6.21. The van der Waals surface area contributed by atoms with Gasteiger partial charge in [-0.3, -0.25) is 4.57 Å². The molecule has 2 rings (SSSR count). The van der Waals surface area contributed by atoms with Gasteiger partial charge in [-0.15, -0.1) is 0 Å². The van der Waals surface area contributed by atoms with Crippen LogP contribution in [0.15, 0.2) is 0 Å². The average molecular weight is 253 g/mol. The lowest BCUT2D eigenvalue weighted by Gasteiger charge is -2.25.